The zero-order chi connectivity index (χ0) is 13.8. The van der Waals surface area contributed by atoms with E-state index < -0.39 is 0 Å². The molecular weight excluding hydrogens is 306 g/mol. The lowest BCUT2D eigenvalue weighted by molar-refractivity contribution is -0.130. The maximum absolute atomic E-state index is 12.2. The zero-order valence-electron chi connectivity index (χ0n) is 11.2. The predicted octanol–water partition coefficient (Wildman–Crippen LogP) is 2.48. The highest BCUT2D eigenvalue weighted by Gasteiger charge is 2.18. The summed E-state index contributed by atoms with van der Waals surface area (Å²) in [5, 5.41) is 0. The number of nitrogen functional groups attached to an aromatic ring is 1. The van der Waals surface area contributed by atoms with Crippen LogP contribution in [0, 0.1) is 0 Å². The Morgan fingerprint density at radius 1 is 1.37 bits per heavy atom. The van der Waals surface area contributed by atoms with Crippen molar-refractivity contribution in [2.45, 2.75) is 19.3 Å². The second-order valence-electron chi connectivity index (χ2n) is 5.00. The third-order valence-corrected chi connectivity index (χ3v) is 3.98. The van der Waals surface area contributed by atoms with Crippen LogP contribution in [0.25, 0.3) is 0 Å². The Morgan fingerprint density at radius 2 is 2.05 bits per heavy atom. The normalized spacial score (nSPS) is 15.4. The summed E-state index contributed by atoms with van der Waals surface area (Å²) in [6.07, 6.45) is 3.48. The highest BCUT2D eigenvalue weighted by molar-refractivity contribution is 9.10. The van der Waals surface area contributed by atoms with Crippen molar-refractivity contribution in [2.75, 3.05) is 37.3 Å². The Labute approximate surface area is 122 Å². The third-order valence-electron chi connectivity index (χ3n) is 3.48. The van der Waals surface area contributed by atoms with Crippen LogP contribution in [0.5, 0.6) is 0 Å². The monoisotopic (exact) mass is 325 g/mol. The minimum atomic E-state index is 0.185. The molecule has 1 aromatic rings. The van der Waals surface area contributed by atoms with Gasteiger partial charge in [-0.05, 0) is 37.5 Å². The fourth-order valence-corrected chi connectivity index (χ4v) is 2.78. The second kappa shape index (κ2) is 6.28. The summed E-state index contributed by atoms with van der Waals surface area (Å²) in [5.74, 6) is 0.185. The van der Waals surface area contributed by atoms with Crippen LogP contribution in [-0.2, 0) is 4.79 Å². The lowest BCUT2D eigenvalue weighted by Gasteiger charge is -2.29. The molecule has 1 heterocycles. The van der Waals surface area contributed by atoms with Gasteiger partial charge in [-0.2, -0.15) is 0 Å². The van der Waals surface area contributed by atoms with E-state index in [2.05, 4.69) is 15.9 Å². The van der Waals surface area contributed by atoms with Crippen molar-refractivity contribution >= 4 is 33.2 Å². The number of carbonyl (C=O) groups is 1. The molecule has 0 saturated carbocycles. The lowest BCUT2D eigenvalue weighted by Crippen LogP contribution is -2.41. The van der Waals surface area contributed by atoms with Crippen LogP contribution in [0.4, 0.5) is 11.4 Å². The Bertz CT molecular complexity index is 458. The van der Waals surface area contributed by atoms with Crippen molar-refractivity contribution in [2.24, 2.45) is 0 Å². The number of amides is 1. The number of nitrogens with two attached hydrogens (primary N) is 1. The molecule has 1 aromatic carbocycles. The number of halogens is 1. The molecule has 0 bridgehead atoms. The number of likely N-dealkylation sites (tertiary alicyclic amines) is 1. The van der Waals surface area contributed by atoms with E-state index in [0.717, 1.165) is 36.1 Å². The molecule has 1 saturated heterocycles. The van der Waals surface area contributed by atoms with Crippen LogP contribution in [-0.4, -0.2) is 37.5 Å². The van der Waals surface area contributed by atoms with E-state index in [1.165, 1.54) is 6.42 Å². The molecule has 0 unspecified atom stereocenters. The van der Waals surface area contributed by atoms with E-state index in [1.807, 2.05) is 35.0 Å². The molecule has 104 valence electrons. The maximum atomic E-state index is 12.2. The molecule has 2 N–H and O–H groups in total. The lowest BCUT2D eigenvalue weighted by atomic mass is 10.1. The van der Waals surface area contributed by atoms with Crippen molar-refractivity contribution in [1.29, 1.82) is 0 Å². The molecule has 1 aliphatic heterocycles. The van der Waals surface area contributed by atoms with Crippen molar-refractivity contribution in [3.63, 3.8) is 0 Å². The number of likely N-dealkylation sites (N-methyl/N-ethyl adjacent to an activating group) is 1. The summed E-state index contributed by atoms with van der Waals surface area (Å²) in [5.41, 5.74) is 7.56. The standard InChI is InChI=1S/C14H20BrN3O/c1-17(13-6-5-11(15)9-12(13)16)10-14(19)18-7-3-2-4-8-18/h5-6,9H,2-4,7-8,10,16H2,1H3. The molecule has 1 amide bonds. The molecule has 0 aliphatic carbocycles. The molecule has 0 spiro atoms. The molecule has 1 fully saturated rings. The van der Waals surface area contributed by atoms with Gasteiger partial charge in [-0.1, -0.05) is 15.9 Å². The van der Waals surface area contributed by atoms with E-state index in [1.54, 1.807) is 0 Å². The molecule has 0 radical (unpaired) electrons. The maximum Gasteiger partial charge on any atom is 0.242 e. The molecule has 4 nitrogen and oxygen atoms in total. The van der Waals surface area contributed by atoms with E-state index in [4.69, 9.17) is 5.73 Å². The van der Waals surface area contributed by atoms with Crippen molar-refractivity contribution in [3.8, 4) is 0 Å². The average molecular weight is 326 g/mol. The molecule has 2 rings (SSSR count). The molecule has 0 aromatic heterocycles. The van der Waals surface area contributed by atoms with E-state index in [-0.39, 0.29) is 5.91 Å². The first-order chi connectivity index (χ1) is 9.08. The minimum absolute atomic E-state index is 0.185. The van der Waals surface area contributed by atoms with Gasteiger partial charge in [0.15, 0.2) is 0 Å². The van der Waals surface area contributed by atoms with Gasteiger partial charge in [0.05, 0.1) is 17.9 Å². The highest BCUT2D eigenvalue weighted by atomic mass is 79.9. The van der Waals surface area contributed by atoms with E-state index in [9.17, 15) is 4.79 Å². The van der Waals surface area contributed by atoms with Crippen molar-refractivity contribution in [1.82, 2.24) is 4.90 Å². The summed E-state index contributed by atoms with van der Waals surface area (Å²) in [4.78, 5) is 16.1. The molecule has 19 heavy (non-hydrogen) atoms. The number of benzene rings is 1. The fraction of sp³-hybridized carbons (Fsp3) is 0.500. The third kappa shape index (κ3) is 3.62. The van der Waals surface area contributed by atoms with Crippen LogP contribution in [0.15, 0.2) is 22.7 Å². The van der Waals surface area contributed by atoms with Crippen LogP contribution < -0.4 is 10.6 Å². The van der Waals surface area contributed by atoms with Gasteiger partial charge < -0.3 is 15.5 Å². The average Bonchev–Trinajstić information content (AvgIpc) is 2.39. The van der Waals surface area contributed by atoms with Gasteiger partial charge in [-0.15, -0.1) is 0 Å². The smallest absolute Gasteiger partial charge is 0.242 e. The van der Waals surface area contributed by atoms with Gasteiger partial charge in [0.25, 0.3) is 0 Å². The van der Waals surface area contributed by atoms with Crippen LogP contribution in [0.3, 0.4) is 0 Å². The van der Waals surface area contributed by atoms with E-state index in [0.29, 0.717) is 12.2 Å². The first-order valence-electron chi connectivity index (χ1n) is 6.62. The Morgan fingerprint density at radius 3 is 2.68 bits per heavy atom. The summed E-state index contributed by atoms with van der Waals surface area (Å²) >= 11 is 3.39. The van der Waals surface area contributed by atoms with Gasteiger partial charge in [0.1, 0.15) is 0 Å². The van der Waals surface area contributed by atoms with Crippen molar-refractivity contribution in [3.05, 3.63) is 22.7 Å². The quantitative estimate of drug-likeness (QED) is 0.868. The van der Waals surface area contributed by atoms with Gasteiger partial charge in [-0.25, -0.2) is 0 Å². The SMILES string of the molecule is CN(CC(=O)N1CCCCC1)c1ccc(Br)cc1N. The van der Waals surface area contributed by atoms with E-state index >= 15 is 0 Å². The largest absolute Gasteiger partial charge is 0.397 e. The summed E-state index contributed by atoms with van der Waals surface area (Å²) in [6.45, 7) is 2.16. The zero-order valence-corrected chi connectivity index (χ0v) is 12.8. The van der Waals surface area contributed by atoms with Gasteiger partial charge >= 0.3 is 0 Å². The summed E-state index contributed by atoms with van der Waals surface area (Å²) in [6, 6.07) is 5.73. The second-order valence-corrected chi connectivity index (χ2v) is 5.92. The summed E-state index contributed by atoms with van der Waals surface area (Å²) < 4.78 is 0.949. The number of carbonyl (C=O) groups excluding carboxylic acids is 1. The summed E-state index contributed by atoms with van der Waals surface area (Å²) in [7, 11) is 1.90. The molecule has 5 heteroatoms. The highest BCUT2D eigenvalue weighted by Crippen LogP contribution is 2.25. The molecule has 1 aliphatic rings. The molecule has 0 atom stereocenters. The Kier molecular flexibility index (Phi) is 4.69. The minimum Gasteiger partial charge on any atom is -0.397 e. The van der Waals surface area contributed by atoms with Gasteiger partial charge in [0.2, 0.25) is 5.91 Å². The van der Waals surface area contributed by atoms with Gasteiger partial charge in [0, 0.05) is 24.6 Å². The predicted molar refractivity (Wildman–Crippen MR) is 82.3 cm³/mol. The number of rotatable bonds is 3. The number of nitrogens with zero attached hydrogens (tertiary/aromatic N) is 2. The number of hydrogen-bond acceptors (Lipinski definition) is 3. The first kappa shape index (κ1) is 14.2. The van der Waals surface area contributed by atoms with Crippen LogP contribution in [0.2, 0.25) is 0 Å². The molecular formula is C14H20BrN3O. The van der Waals surface area contributed by atoms with Crippen LogP contribution in [0.1, 0.15) is 19.3 Å². The Balaban J connectivity index is 1.99. The first-order valence-corrected chi connectivity index (χ1v) is 7.41. The topological polar surface area (TPSA) is 49.6 Å². The Hall–Kier alpha value is -1.23. The number of hydrogen-bond donors (Lipinski definition) is 1. The fourth-order valence-electron chi connectivity index (χ4n) is 2.40. The van der Waals surface area contributed by atoms with Crippen LogP contribution >= 0.6 is 15.9 Å². The van der Waals surface area contributed by atoms with Crippen molar-refractivity contribution < 1.29 is 4.79 Å². The number of anilines is 2. The van der Waals surface area contributed by atoms with Gasteiger partial charge in [-0.3, -0.25) is 4.79 Å². The number of piperidine rings is 1.